The van der Waals surface area contributed by atoms with Gasteiger partial charge in [-0.1, -0.05) is 37.6 Å². The minimum absolute atomic E-state index is 0.0655. The van der Waals surface area contributed by atoms with Crippen molar-refractivity contribution in [1.29, 1.82) is 5.26 Å². The topological polar surface area (TPSA) is 23.8 Å². The lowest BCUT2D eigenvalue weighted by Crippen LogP contribution is -2.05. The fraction of sp³-hybridized carbons (Fsp3) is 0.250. The van der Waals surface area contributed by atoms with Crippen LogP contribution in [0.25, 0.3) is 11.6 Å². The molecule has 0 N–H and O–H groups in total. The van der Waals surface area contributed by atoms with Gasteiger partial charge in [-0.05, 0) is 53.7 Å². The fourth-order valence-corrected chi connectivity index (χ4v) is 3.11. The molecule has 2 aromatic rings. The lowest BCUT2D eigenvalue weighted by Gasteiger charge is -2.18. The predicted octanol–water partition coefficient (Wildman–Crippen LogP) is 5.28. The van der Waals surface area contributed by atoms with Gasteiger partial charge in [0.05, 0.1) is 5.56 Å². The summed E-state index contributed by atoms with van der Waals surface area (Å²) in [5, 5.41) is 8.90. The molecule has 0 saturated carbocycles. The Balaban J connectivity index is 2.00. The second-order valence-electron chi connectivity index (χ2n) is 5.84. The monoisotopic (exact) mass is 309 g/mol. The maximum Gasteiger partial charge on any atom is 0.144 e. The number of hydrogen-bond acceptors (Lipinski definition) is 1. The Labute approximate surface area is 134 Å². The molecule has 0 spiro atoms. The first-order valence-electron chi connectivity index (χ1n) is 7.85. The normalized spacial score (nSPS) is 13.2. The van der Waals surface area contributed by atoms with Crippen molar-refractivity contribution in [3.63, 3.8) is 0 Å². The Morgan fingerprint density at radius 3 is 2.65 bits per heavy atom. The van der Waals surface area contributed by atoms with Crippen LogP contribution < -0.4 is 0 Å². The molecule has 3 rings (SSSR count). The standard InChI is InChI=1S/C20H17F2N/c1-2-3-13-4-8-17(19(21)10-13)14-7-9-18-15(11-14)5-6-16(12-23)20(18)22/h4-6,8,10-11H,2-3,7,9H2,1H3. The second-order valence-corrected chi connectivity index (χ2v) is 5.84. The van der Waals surface area contributed by atoms with Crippen molar-refractivity contribution in [1.82, 2.24) is 0 Å². The van der Waals surface area contributed by atoms with Crippen molar-refractivity contribution < 1.29 is 8.78 Å². The highest BCUT2D eigenvalue weighted by molar-refractivity contribution is 5.85. The molecule has 0 bridgehead atoms. The Hall–Kier alpha value is -2.47. The third kappa shape index (κ3) is 2.90. The molecule has 1 aliphatic carbocycles. The first-order chi connectivity index (χ1) is 11.1. The van der Waals surface area contributed by atoms with Crippen LogP contribution in [0.3, 0.4) is 0 Å². The third-order valence-corrected chi connectivity index (χ3v) is 4.29. The van der Waals surface area contributed by atoms with E-state index in [9.17, 15) is 8.78 Å². The first kappa shape index (κ1) is 15.4. The maximum atomic E-state index is 14.4. The Morgan fingerprint density at radius 2 is 1.96 bits per heavy atom. The van der Waals surface area contributed by atoms with E-state index in [1.807, 2.05) is 24.3 Å². The van der Waals surface area contributed by atoms with E-state index in [2.05, 4.69) is 6.92 Å². The molecular formula is C20H17F2N. The van der Waals surface area contributed by atoms with Crippen molar-refractivity contribution in [2.75, 3.05) is 0 Å². The Kier molecular flexibility index (Phi) is 4.25. The molecule has 3 heteroatoms. The van der Waals surface area contributed by atoms with Gasteiger partial charge in [0, 0.05) is 5.56 Å². The quantitative estimate of drug-likeness (QED) is 0.757. The summed E-state index contributed by atoms with van der Waals surface area (Å²) in [4.78, 5) is 0. The summed E-state index contributed by atoms with van der Waals surface area (Å²) in [7, 11) is 0. The highest BCUT2D eigenvalue weighted by atomic mass is 19.1. The molecule has 1 aliphatic rings. The number of nitriles is 1. The molecule has 0 radical (unpaired) electrons. The fourth-order valence-electron chi connectivity index (χ4n) is 3.11. The predicted molar refractivity (Wildman–Crippen MR) is 87.7 cm³/mol. The van der Waals surface area contributed by atoms with E-state index in [1.54, 1.807) is 12.1 Å². The van der Waals surface area contributed by atoms with Gasteiger partial charge >= 0.3 is 0 Å². The summed E-state index contributed by atoms with van der Waals surface area (Å²) in [5.41, 5.74) is 3.81. The maximum absolute atomic E-state index is 14.4. The van der Waals surface area contributed by atoms with Crippen LogP contribution in [0.15, 0.2) is 30.3 Å². The molecule has 0 aromatic heterocycles. The highest BCUT2D eigenvalue weighted by Crippen LogP contribution is 2.33. The summed E-state index contributed by atoms with van der Waals surface area (Å²) in [6.07, 6.45) is 4.74. The zero-order valence-electron chi connectivity index (χ0n) is 13.0. The lowest BCUT2D eigenvalue weighted by atomic mass is 9.87. The van der Waals surface area contributed by atoms with Gasteiger partial charge < -0.3 is 0 Å². The van der Waals surface area contributed by atoms with Crippen LogP contribution in [-0.2, 0) is 12.8 Å². The molecule has 0 aliphatic heterocycles. The zero-order chi connectivity index (χ0) is 16.4. The number of aryl methyl sites for hydroxylation is 1. The smallest absolute Gasteiger partial charge is 0.144 e. The Bertz CT molecular complexity index is 828. The summed E-state index contributed by atoms with van der Waals surface area (Å²) < 4.78 is 28.5. The van der Waals surface area contributed by atoms with E-state index in [4.69, 9.17) is 5.26 Å². The summed E-state index contributed by atoms with van der Waals surface area (Å²) >= 11 is 0. The largest absolute Gasteiger partial charge is 0.206 e. The van der Waals surface area contributed by atoms with Crippen LogP contribution in [0.5, 0.6) is 0 Å². The number of benzene rings is 2. The minimum Gasteiger partial charge on any atom is -0.206 e. The average molecular weight is 309 g/mol. The Morgan fingerprint density at radius 1 is 1.13 bits per heavy atom. The van der Waals surface area contributed by atoms with E-state index < -0.39 is 5.82 Å². The molecule has 2 aromatic carbocycles. The number of fused-ring (bicyclic) bond motifs is 1. The van der Waals surface area contributed by atoms with E-state index in [0.29, 0.717) is 24.0 Å². The van der Waals surface area contributed by atoms with Crippen LogP contribution in [0.2, 0.25) is 0 Å². The molecule has 1 nitrogen and oxygen atoms in total. The minimum atomic E-state index is -0.445. The van der Waals surface area contributed by atoms with Crippen LogP contribution in [-0.4, -0.2) is 0 Å². The van der Waals surface area contributed by atoms with Gasteiger partial charge in [0.2, 0.25) is 0 Å². The van der Waals surface area contributed by atoms with E-state index >= 15 is 0 Å². The van der Waals surface area contributed by atoms with Gasteiger partial charge in [-0.15, -0.1) is 0 Å². The van der Waals surface area contributed by atoms with Crippen molar-refractivity contribution in [2.24, 2.45) is 0 Å². The summed E-state index contributed by atoms with van der Waals surface area (Å²) in [6, 6.07) is 10.4. The van der Waals surface area contributed by atoms with Crippen LogP contribution in [0, 0.1) is 23.0 Å². The van der Waals surface area contributed by atoms with Gasteiger partial charge in [-0.25, -0.2) is 8.78 Å². The summed E-state index contributed by atoms with van der Waals surface area (Å²) in [5.74, 6) is -0.668. The summed E-state index contributed by atoms with van der Waals surface area (Å²) in [6.45, 7) is 2.07. The van der Waals surface area contributed by atoms with Crippen molar-refractivity contribution >= 4 is 11.6 Å². The van der Waals surface area contributed by atoms with Gasteiger partial charge in [0.15, 0.2) is 0 Å². The van der Waals surface area contributed by atoms with E-state index in [1.165, 1.54) is 6.07 Å². The van der Waals surface area contributed by atoms with Gasteiger partial charge in [-0.2, -0.15) is 5.26 Å². The molecule has 116 valence electrons. The number of allylic oxidation sites excluding steroid dienone is 1. The molecule has 0 saturated heterocycles. The first-order valence-corrected chi connectivity index (χ1v) is 7.85. The number of nitrogens with zero attached hydrogens (tertiary/aromatic N) is 1. The molecular weight excluding hydrogens is 292 g/mol. The number of hydrogen-bond donors (Lipinski definition) is 0. The number of halogens is 2. The van der Waals surface area contributed by atoms with Crippen LogP contribution in [0.1, 0.15) is 47.6 Å². The van der Waals surface area contributed by atoms with Gasteiger partial charge in [-0.3, -0.25) is 0 Å². The molecule has 0 atom stereocenters. The van der Waals surface area contributed by atoms with Crippen molar-refractivity contribution in [2.45, 2.75) is 32.6 Å². The zero-order valence-corrected chi connectivity index (χ0v) is 13.0. The van der Waals surface area contributed by atoms with Crippen LogP contribution >= 0.6 is 0 Å². The molecule has 0 unspecified atom stereocenters. The lowest BCUT2D eigenvalue weighted by molar-refractivity contribution is 0.603. The number of rotatable bonds is 3. The van der Waals surface area contributed by atoms with E-state index in [-0.39, 0.29) is 11.4 Å². The van der Waals surface area contributed by atoms with E-state index in [0.717, 1.165) is 29.5 Å². The SMILES string of the molecule is CCCc1ccc(C2=Cc3ccc(C#N)c(F)c3CC2)c(F)c1. The van der Waals surface area contributed by atoms with Gasteiger partial charge in [0.25, 0.3) is 0 Å². The highest BCUT2D eigenvalue weighted by Gasteiger charge is 2.19. The third-order valence-electron chi connectivity index (χ3n) is 4.29. The molecule has 23 heavy (non-hydrogen) atoms. The molecule has 0 heterocycles. The second kappa shape index (κ2) is 6.34. The molecule has 0 amide bonds. The van der Waals surface area contributed by atoms with Crippen molar-refractivity contribution in [3.05, 3.63) is 69.8 Å². The van der Waals surface area contributed by atoms with Gasteiger partial charge in [0.1, 0.15) is 17.7 Å². The molecule has 0 fully saturated rings. The van der Waals surface area contributed by atoms with Crippen molar-refractivity contribution in [3.8, 4) is 6.07 Å². The van der Waals surface area contributed by atoms with Crippen LogP contribution in [0.4, 0.5) is 8.78 Å². The average Bonchev–Trinajstić information content (AvgIpc) is 2.55.